The van der Waals surface area contributed by atoms with Crippen molar-refractivity contribution >= 4 is 11.9 Å². The van der Waals surface area contributed by atoms with Crippen LogP contribution in [0.3, 0.4) is 0 Å². The van der Waals surface area contributed by atoms with E-state index in [4.69, 9.17) is 9.84 Å². The number of hydrogen-bond donors (Lipinski definition) is 2. The number of carboxylic acids is 1. The number of rotatable bonds is 5. The maximum Gasteiger partial charge on any atom is 0.335 e. The molecule has 1 aliphatic heterocycles. The molecule has 5 nitrogen and oxygen atoms in total. The van der Waals surface area contributed by atoms with E-state index in [1.807, 2.05) is 30.3 Å². The van der Waals surface area contributed by atoms with Gasteiger partial charge in [-0.25, -0.2) is 4.79 Å². The lowest BCUT2D eigenvalue weighted by molar-refractivity contribution is -0.0272. The van der Waals surface area contributed by atoms with Gasteiger partial charge in [0.2, 0.25) is 0 Å². The summed E-state index contributed by atoms with van der Waals surface area (Å²) >= 11 is 0. The Balaban J connectivity index is 1.66. The van der Waals surface area contributed by atoms with Gasteiger partial charge < -0.3 is 15.2 Å². The number of carboxylic acid groups (broad SMARTS) is 1. The van der Waals surface area contributed by atoms with Gasteiger partial charge in [0.15, 0.2) is 0 Å². The van der Waals surface area contributed by atoms with Crippen LogP contribution in [-0.4, -0.2) is 30.1 Å². The Morgan fingerprint density at radius 3 is 2.60 bits per heavy atom. The molecule has 25 heavy (non-hydrogen) atoms. The SMILES string of the molecule is O=C(O)c1cccc(C(=O)NC[C@H]2CCCO[C@@H]2c2ccccc2)c1. The normalized spacial score (nSPS) is 20.0. The standard InChI is InChI=1S/C20H21NO4/c22-19(15-8-4-9-16(12-15)20(23)24)21-13-17-10-5-11-25-18(17)14-6-2-1-3-7-14/h1-4,6-9,12,17-18H,5,10-11,13H2,(H,21,22)(H,23,24)/t17-,18-/m1/s1. The third-order valence-corrected chi connectivity index (χ3v) is 4.47. The maximum atomic E-state index is 12.4. The van der Waals surface area contributed by atoms with E-state index in [9.17, 15) is 9.59 Å². The highest BCUT2D eigenvalue weighted by molar-refractivity contribution is 5.97. The molecule has 130 valence electrons. The molecule has 2 N–H and O–H groups in total. The van der Waals surface area contributed by atoms with Crippen LogP contribution in [0.15, 0.2) is 54.6 Å². The first-order valence-corrected chi connectivity index (χ1v) is 8.43. The molecule has 0 saturated carbocycles. The predicted octanol–water partition coefficient (Wildman–Crippen LogP) is 3.28. The Hall–Kier alpha value is -2.66. The Morgan fingerprint density at radius 2 is 1.84 bits per heavy atom. The molecular weight excluding hydrogens is 318 g/mol. The molecule has 1 fully saturated rings. The second-order valence-corrected chi connectivity index (χ2v) is 6.20. The number of carbonyl (C=O) groups is 2. The zero-order valence-corrected chi connectivity index (χ0v) is 13.9. The minimum Gasteiger partial charge on any atom is -0.478 e. The van der Waals surface area contributed by atoms with Crippen molar-refractivity contribution in [3.8, 4) is 0 Å². The molecule has 0 aliphatic carbocycles. The van der Waals surface area contributed by atoms with Gasteiger partial charge >= 0.3 is 5.97 Å². The van der Waals surface area contributed by atoms with Crippen molar-refractivity contribution in [2.24, 2.45) is 5.92 Å². The summed E-state index contributed by atoms with van der Waals surface area (Å²) in [6.07, 6.45) is 1.92. The van der Waals surface area contributed by atoms with E-state index >= 15 is 0 Å². The molecular formula is C20H21NO4. The Kier molecular flexibility index (Phi) is 5.46. The number of carbonyl (C=O) groups excluding carboxylic acids is 1. The van der Waals surface area contributed by atoms with Gasteiger partial charge in [0.1, 0.15) is 0 Å². The van der Waals surface area contributed by atoms with Crippen LogP contribution < -0.4 is 5.32 Å². The third-order valence-electron chi connectivity index (χ3n) is 4.47. The van der Waals surface area contributed by atoms with E-state index in [0.29, 0.717) is 12.1 Å². The number of aromatic carboxylic acids is 1. The zero-order valence-electron chi connectivity index (χ0n) is 13.9. The molecule has 2 atom stereocenters. The van der Waals surface area contributed by atoms with E-state index in [1.165, 1.54) is 12.1 Å². The summed E-state index contributed by atoms with van der Waals surface area (Å²) in [4.78, 5) is 23.4. The van der Waals surface area contributed by atoms with E-state index in [0.717, 1.165) is 25.0 Å². The second kappa shape index (κ2) is 7.94. The van der Waals surface area contributed by atoms with Gasteiger partial charge in [-0.3, -0.25) is 4.79 Å². The number of benzene rings is 2. The Labute approximate surface area is 146 Å². The average Bonchev–Trinajstić information content (AvgIpc) is 2.67. The highest BCUT2D eigenvalue weighted by Crippen LogP contribution is 2.33. The lowest BCUT2D eigenvalue weighted by atomic mass is 9.89. The number of amides is 1. The summed E-state index contributed by atoms with van der Waals surface area (Å²) in [7, 11) is 0. The summed E-state index contributed by atoms with van der Waals surface area (Å²) in [5, 5.41) is 12.0. The summed E-state index contributed by atoms with van der Waals surface area (Å²) in [6, 6.07) is 16.1. The molecule has 1 amide bonds. The highest BCUT2D eigenvalue weighted by atomic mass is 16.5. The molecule has 0 unspecified atom stereocenters. The van der Waals surface area contributed by atoms with Gasteiger partial charge in [0.05, 0.1) is 11.7 Å². The van der Waals surface area contributed by atoms with Crippen LogP contribution in [0.2, 0.25) is 0 Å². The molecule has 1 aliphatic rings. The van der Waals surface area contributed by atoms with Crippen molar-refractivity contribution in [2.45, 2.75) is 18.9 Å². The fourth-order valence-corrected chi connectivity index (χ4v) is 3.18. The van der Waals surface area contributed by atoms with Crippen LogP contribution in [0.1, 0.15) is 45.2 Å². The summed E-state index contributed by atoms with van der Waals surface area (Å²) < 4.78 is 5.94. The van der Waals surface area contributed by atoms with E-state index in [1.54, 1.807) is 12.1 Å². The monoisotopic (exact) mass is 339 g/mol. The van der Waals surface area contributed by atoms with Crippen LogP contribution in [0.5, 0.6) is 0 Å². The van der Waals surface area contributed by atoms with Gasteiger partial charge in [0.25, 0.3) is 5.91 Å². The number of nitrogens with one attached hydrogen (secondary N) is 1. The van der Waals surface area contributed by atoms with Crippen molar-refractivity contribution in [3.05, 3.63) is 71.3 Å². The maximum absolute atomic E-state index is 12.4. The summed E-state index contributed by atoms with van der Waals surface area (Å²) in [5.41, 5.74) is 1.58. The first-order valence-electron chi connectivity index (χ1n) is 8.43. The third kappa shape index (κ3) is 4.25. The molecule has 0 radical (unpaired) electrons. The molecule has 0 aromatic heterocycles. The van der Waals surface area contributed by atoms with Crippen LogP contribution in [0.25, 0.3) is 0 Å². The van der Waals surface area contributed by atoms with Gasteiger partial charge in [0, 0.05) is 24.6 Å². The topological polar surface area (TPSA) is 75.6 Å². The molecule has 5 heteroatoms. The van der Waals surface area contributed by atoms with Crippen LogP contribution in [0.4, 0.5) is 0 Å². The fraction of sp³-hybridized carbons (Fsp3) is 0.300. The molecule has 3 rings (SSSR count). The molecule has 2 aromatic carbocycles. The summed E-state index contributed by atoms with van der Waals surface area (Å²) in [6.45, 7) is 1.22. The van der Waals surface area contributed by atoms with E-state index < -0.39 is 5.97 Å². The second-order valence-electron chi connectivity index (χ2n) is 6.20. The first-order chi connectivity index (χ1) is 12.1. The molecule has 0 bridgehead atoms. The minimum absolute atomic E-state index is 0.0272. The Bertz CT molecular complexity index is 744. The number of hydrogen-bond acceptors (Lipinski definition) is 3. The molecule has 1 saturated heterocycles. The average molecular weight is 339 g/mol. The van der Waals surface area contributed by atoms with Gasteiger partial charge in [-0.2, -0.15) is 0 Å². The fourth-order valence-electron chi connectivity index (χ4n) is 3.18. The van der Waals surface area contributed by atoms with Crippen molar-refractivity contribution in [2.75, 3.05) is 13.2 Å². The highest BCUT2D eigenvalue weighted by Gasteiger charge is 2.27. The number of ether oxygens (including phenoxy) is 1. The van der Waals surface area contributed by atoms with Crippen molar-refractivity contribution in [3.63, 3.8) is 0 Å². The molecule has 0 spiro atoms. The van der Waals surface area contributed by atoms with E-state index in [-0.39, 0.29) is 23.5 Å². The molecule has 2 aromatic rings. The largest absolute Gasteiger partial charge is 0.478 e. The zero-order chi connectivity index (χ0) is 17.6. The van der Waals surface area contributed by atoms with Gasteiger partial charge in [-0.15, -0.1) is 0 Å². The first kappa shape index (κ1) is 17.2. The van der Waals surface area contributed by atoms with Gasteiger partial charge in [-0.05, 0) is 36.6 Å². The van der Waals surface area contributed by atoms with Crippen LogP contribution >= 0.6 is 0 Å². The van der Waals surface area contributed by atoms with E-state index in [2.05, 4.69) is 5.32 Å². The lowest BCUT2D eigenvalue weighted by Crippen LogP contribution is -2.35. The Morgan fingerprint density at radius 1 is 1.08 bits per heavy atom. The molecule has 1 heterocycles. The minimum atomic E-state index is -1.04. The van der Waals surface area contributed by atoms with Crippen LogP contribution in [-0.2, 0) is 4.74 Å². The predicted molar refractivity (Wildman–Crippen MR) is 93.6 cm³/mol. The quantitative estimate of drug-likeness (QED) is 0.876. The van der Waals surface area contributed by atoms with Crippen molar-refractivity contribution in [1.29, 1.82) is 0 Å². The smallest absolute Gasteiger partial charge is 0.335 e. The lowest BCUT2D eigenvalue weighted by Gasteiger charge is -2.32. The van der Waals surface area contributed by atoms with Crippen LogP contribution in [0, 0.1) is 5.92 Å². The summed E-state index contributed by atoms with van der Waals surface area (Å²) in [5.74, 6) is -1.11. The van der Waals surface area contributed by atoms with Crippen molar-refractivity contribution < 1.29 is 19.4 Å². The van der Waals surface area contributed by atoms with Crippen molar-refractivity contribution in [1.82, 2.24) is 5.32 Å². The van der Waals surface area contributed by atoms with Gasteiger partial charge in [-0.1, -0.05) is 36.4 Å².